The molecule has 1 amide bonds. The molecule has 1 aromatic heterocycles. The van der Waals surface area contributed by atoms with Crippen LogP contribution in [0.1, 0.15) is 33.4 Å². The molecule has 1 aliphatic rings. The third kappa shape index (κ3) is 4.75. The van der Waals surface area contributed by atoms with Crippen molar-refractivity contribution < 1.29 is 33.0 Å². The minimum absolute atomic E-state index is 0.0192. The molecule has 0 atom stereocenters. The van der Waals surface area contributed by atoms with Crippen LogP contribution in [0.25, 0.3) is 11.3 Å². The zero-order valence-corrected chi connectivity index (χ0v) is 16.7. The molecule has 0 saturated carbocycles. The number of carbonyl (C=O) groups is 3. The van der Waals surface area contributed by atoms with Crippen molar-refractivity contribution >= 4 is 17.7 Å². The molecule has 2 aromatic carbocycles. The van der Waals surface area contributed by atoms with Gasteiger partial charge in [0.2, 0.25) is 12.6 Å². The molecule has 1 N–H and O–H groups in total. The number of furan rings is 1. The normalized spacial score (nSPS) is 11.8. The van der Waals surface area contributed by atoms with Crippen LogP contribution in [-0.2, 0) is 16.1 Å². The Morgan fingerprint density at radius 3 is 2.52 bits per heavy atom. The van der Waals surface area contributed by atoms with Gasteiger partial charge in [-0.05, 0) is 36.8 Å². The van der Waals surface area contributed by atoms with E-state index in [1.165, 1.54) is 13.0 Å². The number of rotatable bonds is 7. The third-order valence-electron chi connectivity index (χ3n) is 4.64. The van der Waals surface area contributed by atoms with E-state index in [1.807, 2.05) is 6.07 Å². The molecule has 2 heterocycles. The summed E-state index contributed by atoms with van der Waals surface area (Å²) in [6.45, 7) is 1.49. The van der Waals surface area contributed by atoms with Gasteiger partial charge in [-0.25, -0.2) is 4.79 Å². The summed E-state index contributed by atoms with van der Waals surface area (Å²) >= 11 is 0. The van der Waals surface area contributed by atoms with E-state index in [2.05, 4.69) is 5.32 Å². The van der Waals surface area contributed by atoms with Crippen LogP contribution in [0.5, 0.6) is 11.5 Å². The summed E-state index contributed by atoms with van der Waals surface area (Å²) in [5, 5.41) is 2.67. The number of benzene rings is 2. The highest BCUT2D eigenvalue weighted by Gasteiger charge is 2.16. The molecule has 1 aliphatic heterocycles. The van der Waals surface area contributed by atoms with Gasteiger partial charge in [-0.2, -0.15) is 0 Å². The number of fused-ring (bicyclic) bond motifs is 1. The van der Waals surface area contributed by atoms with Gasteiger partial charge in [0.15, 0.2) is 23.9 Å². The first-order chi connectivity index (χ1) is 15.0. The Labute approximate surface area is 177 Å². The lowest BCUT2D eigenvalue weighted by atomic mass is 10.1. The van der Waals surface area contributed by atoms with Gasteiger partial charge < -0.3 is 23.9 Å². The van der Waals surface area contributed by atoms with Gasteiger partial charge in [0, 0.05) is 17.7 Å². The standard InChI is InChI=1S/C23H19NO7/c1-14(25)16-3-5-17(6-4-16)18-8-9-20(31-18)23(27)28-12-22(26)24-11-15-2-7-19-21(10-15)30-13-29-19/h2-10H,11-13H2,1H3,(H,24,26). The number of hydrogen-bond acceptors (Lipinski definition) is 7. The fourth-order valence-corrected chi connectivity index (χ4v) is 2.98. The number of ether oxygens (including phenoxy) is 3. The Hall–Kier alpha value is -4.07. The van der Waals surface area contributed by atoms with E-state index >= 15 is 0 Å². The van der Waals surface area contributed by atoms with Crippen molar-refractivity contribution in [3.63, 3.8) is 0 Å². The molecule has 158 valence electrons. The van der Waals surface area contributed by atoms with E-state index in [4.69, 9.17) is 18.6 Å². The van der Waals surface area contributed by atoms with Crippen molar-refractivity contribution in [1.82, 2.24) is 5.32 Å². The van der Waals surface area contributed by atoms with Crippen LogP contribution in [-0.4, -0.2) is 31.1 Å². The SMILES string of the molecule is CC(=O)c1ccc(-c2ccc(C(=O)OCC(=O)NCc3ccc4c(c3)OCO4)o2)cc1. The molecule has 31 heavy (non-hydrogen) atoms. The first-order valence-electron chi connectivity index (χ1n) is 9.53. The Morgan fingerprint density at radius 1 is 0.968 bits per heavy atom. The molecular weight excluding hydrogens is 402 g/mol. The van der Waals surface area contributed by atoms with Crippen LogP contribution in [0.15, 0.2) is 59.0 Å². The molecule has 0 aliphatic carbocycles. The number of nitrogens with one attached hydrogen (secondary N) is 1. The van der Waals surface area contributed by atoms with E-state index in [1.54, 1.807) is 42.5 Å². The molecule has 8 nitrogen and oxygen atoms in total. The summed E-state index contributed by atoms with van der Waals surface area (Å²) in [5.41, 5.74) is 2.13. The summed E-state index contributed by atoms with van der Waals surface area (Å²) in [5.74, 6) is 0.498. The molecule has 4 rings (SSSR count). The minimum atomic E-state index is -0.746. The first kappa shape index (κ1) is 20.2. The lowest BCUT2D eigenvalue weighted by Crippen LogP contribution is -2.28. The van der Waals surface area contributed by atoms with Crippen molar-refractivity contribution in [3.05, 3.63) is 71.5 Å². The molecular formula is C23H19NO7. The Balaban J connectivity index is 1.27. The van der Waals surface area contributed by atoms with E-state index in [9.17, 15) is 14.4 Å². The second kappa shape index (κ2) is 8.74. The fourth-order valence-electron chi connectivity index (χ4n) is 2.98. The smallest absolute Gasteiger partial charge is 0.374 e. The number of esters is 1. The summed E-state index contributed by atoms with van der Waals surface area (Å²) in [4.78, 5) is 35.5. The highest BCUT2D eigenvalue weighted by Crippen LogP contribution is 2.32. The van der Waals surface area contributed by atoms with E-state index in [0.29, 0.717) is 28.4 Å². The molecule has 0 unspecified atom stereocenters. The molecule has 0 radical (unpaired) electrons. The highest BCUT2D eigenvalue weighted by molar-refractivity contribution is 5.94. The summed E-state index contributed by atoms with van der Waals surface area (Å²) in [6, 6.07) is 15.3. The number of hydrogen-bond donors (Lipinski definition) is 1. The third-order valence-corrected chi connectivity index (χ3v) is 4.64. The van der Waals surface area contributed by atoms with Gasteiger partial charge in [0.25, 0.3) is 5.91 Å². The number of Topliss-reactive ketones (excluding diaryl/α,β-unsaturated/α-hetero) is 1. The van der Waals surface area contributed by atoms with Crippen molar-refractivity contribution in [3.8, 4) is 22.8 Å². The van der Waals surface area contributed by atoms with Crippen LogP contribution in [0, 0.1) is 0 Å². The van der Waals surface area contributed by atoms with Gasteiger partial charge in [-0.15, -0.1) is 0 Å². The maximum absolute atomic E-state index is 12.2. The monoisotopic (exact) mass is 421 g/mol. The maximum Gasteiger partial charge on any atom is 0.374 e. The lowest BCUT2D eigenvalue weighted by Gasteiger charge is -2.07. The Bertz CT molecular complexity index is 1130. The average Bonchev–Trinajstić information content (AvgIpc) is 3.45. The van der Waals surface area contributed by atoms with Crippen LogP contribution in [0.4, 0.5) is 0 Å². The van der Waals surface area contributed by atoms with Crippen molar-refractivity contribution in [2.24, 2.45) is 0 Å². The maximum atomic E-state index is 12.2. The lowest BCUT2D eigenvalue weighted by molar-refractivity contribution is -0.124. The van der Waals surface area contributed by atoms with Crippen LogP contribution in [0.2, 0.25) is 0 Å². The summed E-state index contributed by atoms with van der Waals surface area (Å²) in [7, 11) is 0. The molecule has 3 aromatic rings. The number of amides is 1. The van der Waals surface area contributed by atoms with Crippen molar-refractivity contribution in [1.29, 1.82) is 0 Å². The predicted molar refractivity (Wildman–Crippen MR) is 109 cm³/mol. The summed E-state index contributed by atoms with van der Waals surface area (Å²) < 4.78 is 21.1. The van der Waals surface area contributed by atoms with E-state index in [-0.39, 0.29) is 24.9 Å². The second-order valence-electron chi connectivity index (χ2n) is 6.84. The van der Waals surface area contributed by atoms with Crippen LogP contribution in [0.3, 0.4) is 0 Å². The first-order valence-corrected chi connectivity index (χ1v) is 9.53. The average molecular weight is 421 g/mol. The largest absolute Gasteiger partial charge is 0.454 e. The van der Waals surface area contributed by atoms with Gasteiger partial charge in [0.05, 0.1) is 0 Å². The Morgan fingerprint density at radius 2 is 1.74 bits per heavy atom. The quantitative estimate of drug-likeness (QED) is 0.461. The molecule has 8 heteroatoms. The molecule has 0 saturated heterocycles. The van der Waals surface area contributed by atoms with Gasteiger partial charge >= 0.3 is 5.97 Å². The van der Waals surface area contributed by atoms with Gasteiger partial charge in [0.1, 0.15) is 5.76 Å². The zero-order valence-electron chi connectivity index (χ0n) is 16.7. The number of carbonyl (C=O) groups excluding carboxylic acids is 3. The van der Waals surface area contributed by atoms with E-state index < -0.39 is 18.5 Å². The Kier molecular flexibility index (Phi) is 5.70. The fraction of sp³-hybridized carbons (Fsp3) is 0.174. The van der Waals surface area contributed by atoms with Gasteiger partial charge in [-0.3, -0.25) is 9.59 Å². The minimum Gasteiger partial charge on any atom is -0.454 e. The topological polar surface area (TPSA) is 104 Å². The highest BCUT2D eigenvalue weighted by atomic mass is 16.7. The van der Waals surface area contributed by atoms with E-state index in [0.717, 1.165) is 5.56 Å². The van der Waals surface area contributed by atoms with Gasteiger partial charge in [-0.1, -0.05) is 30.3 Å². The zero-order chi connectivity index (χ0) is 21.8. The molecule has 0 bridgehead atoms. The van der Waals surface area contributed by atoms with Crippen molar-refractivity contribution in [2.75, 3.05) is 13.4 Å². The second-order valence-corrected chi connectivity index (χ2v) is 6.84. The summed E-state index contributed by atoms with van der Waals surface area (Å²) in [6.07, 6.45) is 0. The van der Waals surface area contributed by atoms with Crippen LogP contribution < -0.4 is 14.8 Å². The molecule has 0 fully saturated rings. The van der Waals surface area contributed by atoms with Crippen LogP contribution >= 0.6 is 0 Å². The van der Waals surface area contributed by atoms with Crippen molar-refractivity contribution in [2.45, 2.75) is 13.5 Å². The predicted octanol–water partition coefficient (Wildman–Crippen LogP) is 3.35. The number of ketones is 1. The molecule has 0 spiro atoms.